The van der Waals surface area contributed by atoms with Crippen LogP contribution in [0.3, 0.4) is 0 Å². The summed E-state index contributed by atoms with van der Waals surface area (Å²) < 4.78 is 28.0. The zero-order valence-electron chi connectivity index (χ0n) is 13.0. The van der Waals surface area contributed by atoms with E-state index in [9.17, 15) is 18.0 Å². The average Bonchev–Trinajstić information content (AvgIpc) is 2.36. The Bertz CT molecular complexity index is 520. The van der Waals surface area contributed by atoms with Crippen LogP contribution in [0.25, 0.3) is 0 Å². The molecule has 0 aromatic carbocycles. The van der Waals surface area contributed by atoms with Crippen molar-refractivity contribution in [1.82, 2.24) is 4.72 Å². The Balaban J connectivity index is 2.29. The summed E-state index contributed by atoms with van der Waals surface area (Å²) in [4.78, 5) is 23.5. The van der Waals surface area contributed by atoms with E-state index in [1.807, 2.05) is 0 Å². The highest BCUT2D eigenvalue weighted by molar-refractivity contribution is 7.90. The number of nitrogens with one attached hydrogen (secondary N) is 1. The van der Waals surface area contributed by atoms with Gasteiger partial charge in [-0.15, -0.1) is 0 Å². The SMILES string of the molecule is CC(C)(C)NS(=O)(=O)C1CCCC2CCC(C=O)C(=O)C21. The van der Waals surface area contributed by atoms with Gasteiger partial charge in [0.1, 0.15) is 12.1 Å². The molecule has 2 aliphatic carbocycles. The maximum absolute atomic E-state index is 12.6. The van der Waals surface area contributed by atoms with E-state index >= 15 is 0 Å². The Morgan fingerprint density at radius 1 is 1.14 bits per heavy atom. The minimum Gasteiger partial charge on any atom is -0.303 e. The quantitative estimate of drug-likeness (QED) is 0.634. The molecule has 1 N–H and O–H groups in total. The Labute approximate surface area is 126 Å². The molecule has 4 unspecified atom stereocenters. The number of hydrogen-bond donors (Lipinski definition) is 1. The molecule has 0 heterocycles. The molecule has 0 amide bonds. The molecule has 0 aromatic heterocycles. The highest BCUT2D eigenvalue weighted by Crippen LogP contribution is 2.42. The van der Waals surface area contributed by atoms with Crippen LogP contribution < -0.4 is 4.72 Å². The second-order valence-corrected chi connectivity index (χ2v) is 9.27. The van der Waals surface area contributed by atoms with E-state index in [0.29, 0.717) is 19.1 Å². The van der Waals surface area contributed by atoms with Gasteiger partial charge < -0.3 is 4.79 Å². The summed E-state index contributed by atoms with van der Waals surface area (Å²) in [6.45, 7) is 5.38. The maximum atomic E-state index is 12.6. The zero-order valence-corrected chi connectivity index (χ0v) is 13.8. The van der Waals surface area contributed by atoms with Crippen molar-refractivity contribution in [2.45, 2.75) is 63.7 Å². The van der Waals surface area contributed by atoms with Gasteiger partial charge in [0.15, 0.2) is 0 Å². The molecule has 2 fully saturated rings. The molecule has 2 rings (SSSR count). The lowest BCUT2D eigenvalue weighted by molar-refractivity contribution is -0.136. The number of aldehydes is 1. The summed E-state index contributed by atoms with van der Waals surface area (Å²) in [6, 6.07) is 0. The summed E-state index contributed by atoms with van der Waals surface area (Å²) in [5, 5.41) is -0.689. The van der Waals surface area contributed by atoms with Gasteiger partial charge in [0.05, 0.1) is 11.2 Å². The number of rotatable bonds is 3. The number of sulfonamides is 1. The minimum absolute atomic E-state index is 0.115. The van der Waals surface area contributed by atoms with Gasteiger partial charge in [-0.05, 0) is 52.4 Å². The number of fused-ring (bicyclic) bond motifs is 1. The Kier molecular flexibility index (Phi) is 4.59. The highest BCUT2D eigenvalue weighted by Gasteiger charge is 2.49. The van der Waals surface area contributed by atoms with Crippen molar-refractivity contribution in [1.29, 1.82) is 0 Å². The normalized spacial score (nSPS) is 34.3. The van der Waals surface area contributed by atoms with Gasteiger partial charge in [0, 0.05) is 11.5 Å². The van der Waals surface area contributed by atoms with Crippen molar-refractivity contribution in [3.63, 3.8) is 0 Å². The first-order chi connectivity index (χ1) is 9.65. The number of hydrogen-bond acceptors (Lipinski definition) is 4. The standard InChI is InChI=1S/C15H25NO4S/c1-15(2,3)16-21(19,20)12-6-4-5-10-7-8-11(9-17)14(18)13(10)12/h9-13,16H,4-8H2,1-3H3. The fourth-order valence-electron chi connectivity index (χ4n) is 3.75. The number of carbonyl (C=O) groups is 2. The third-order valence-electron chi connectivity index (χ3n) is 4.53. The van der Waals surface area contributed by atoms with Gasteiger partial charge in [0.2, 0.25) is 10.0 Å². The van der Waals surface area contributed by atoms with Gasteiger partial charge in [-0.1, -0.05) is 6.42 Å². The van der Waals surface area contributed by atoms with E-state index in [2.05, 4.69) is 4.72 Å². The van der Waals surface area contributed by atoms with Crippen LogP contribution in [-0.4, -0.2) is 31.3 Å². The van der Waals surface area contributed by atoms with Crippen LogP contribution in [0.15, 0.2) is 0 Å². The Hall–Kier alpha value is -0.750. The molecule has 0 aromatic rings. The van der Waals surface area contributed by atoms with Crippen LogP contribution in [0.4, 0.5) is 0 Å². The van der Waals surface area contributed by atoms with Crippen LogP contribution in [0.5, 0.6) is 0 Å². The van der Waals surface area contributed by atoms with E-state index in [0.717, 1.165) is 19.3 Å². The molecular weight excluding hydrogens is 290 g/mol. The first-order valence-electron chi connectivity index (χ1n) is 7.67. The zero-order chi connectivity index (χ0) is 15.8. The first kappa shape index (κ1) is 16.6. The van der Waals surface area contributed by atoms with Crippen LogP contribution in [-0.2, 0) is 19.6 Å². The highest BCUT2D eigenvalue weighted by atomic mass is 32.2. The van der Waals surface area contributed by atoms with E-state index < -0.39 is 32.6 Å². The van der Waals surface area contributed by atoms with Crippen LogP contribution in [0.2, 0.25) is 0 Å². The predicted molar refractivity (Wildman–Crippen MR) is 80.2 cm³/mol. The summed E-state index contributed by atoms with van der Waals surface area (Å²) in [6.07, 6.45) is 4.27. The Morgan fingerprint density at radius 2 is 1.81 bits per heavy atom. The molecule has 2 saturated carbocycles. The molecule has 0 radical (unpaired) electrons. The molecule has 0 bridgehead atoms. The minimum atomic E-state index is -3.56. The molecule has 21 heavy (non-hydrogen) atoms. The van der Waals surface area contributed by atoms with Gasteiger partial charge in [0.25, 0.3) is 0 Å². The molecule has 5 nitrogen and oxygen atoms in total. The Morgan fingerprint density at radius 3 is 2.38 bits per heavy atom. The lowest BCUT2D eigenvalue weighted by atomic mass is 9.67. The van der Waals surface area contributed by atoms with Crippen LogP contribution in [0.1, 0.15) is 52.9 Å². The number of carbonyl (C=O) groups excluding carboxylic acids is 2. The van der Waals surface area contributed by atoms with Crippen molar-refractivity contribution < 1.29 is 18.0 Å². The van der Waals surface area contributed by atoms with E-state index in [1.165, 1.54) is 0 Å². The van der Waals surface area contributed by atoms with Crippen molar-refractivity contribution in [2.24, 2.45) is 17.8 Å². The van der Waals surface area contributed by atoms with Crippen molar-refractivity contribution in [3.8, 4) is 0 Å². The van der Waals surface area contributed by atoms with Gasteiger partial charge >= 0.3 is 0 Å². The largest absolute Gasteiger partial charge is 0.303 e. The fraction of sp³-hybridized carbons (Fsp3) is 0.867. The number of Topliss-reactive ketones (excluding diaryl/α,β-unsaturated/α-hetero) is 1. The predicted octanol–water partition coefficient (Wildman–Crippen LogP) is 1.67. The number of ketones is 1. The molecule has 120 valence electrons. The summed E-state index contributed by atoms with van der Waals surface area (Å²) in [7, 11) is -3.56. The van der Waals surface area contributed by atoms with Gasteiger partial charge in [-0.2, -0.15) is 0 Å². The van der Waals surface area contributed by atoms with E-state index in [1.54, 1.807) is 20.8 Å². The summed E-state index contributed by atoms with van der Waals surface area (Å²) >= 11 is 0. The van der Waals surface area contributed by atoms with Crippen LogP contribution in [0, 0.1) is 17.8 Å². The van der Waals surface area contributed by atoms with Gasteiger partial charge in [-0.3, -0.25) is 4.79 Å². The van der Waals surface area contributed by atoms with Crippen LogP contribution >= 0.6 is 0 Å². The van der Waals surface area contributed by atoms with E-state index in [4.69, 9.17) is 0 Å². The van der Waals surface area contributed by atoms with Crippen molar-refractivity contribution in [2.75, 3.05) is 0 Å². The lowest BCUT2D eigenvalue weighted by Gasteiger charge is -2.42. The summed E-state index contributed by atoms with van der Waals surface area (Å²) in [5.74, 6) is -1.17. The summed E-state index contributed by atoms with van der Waals surface area (Å²) in [5.41, 5.74) is -0.562. The van der Waals surface area contributed by atoms with E-state index in [-0.39, 0.29) is 11.7 Å². The van der Waals surface area contributed by atoms with Gasteiger partial charge in [-0.25, -0.2) is 13.1 Å². The molecule has 6 heteroatoms. The molecule has 4 atom stereocenters. The van der Waals surface area contributed by atoms with Crippen molar-refractivity contribution >= 4 is 22.1 Å². The second kappa shape index (κ2) is 5.80. The lowest BCUT2D eigenvalue weighted by Crippen LogP contribution is -2.54. The molecule has 0 saturated heterocycles. The molecule has 0 aliphatic heterocycles. The monoisotopic (exact) mass is 315 g/mol. The topological polar surface area (TPSA) is 80.3 Å². The average molecular weight is 315 g/mol. The fourth-order valence-corrected chi connectivity index (χ4v) is 5.98. The molecule has 0 spiro atoms. The third-order valence-corrected chi connectivity index (χ3v) is 6.75. The second-order valence-electron chi connectivity index (χ2n) is 7.37. The third kappa shape index (κ3) is 3.54. The smallest absolute Gasteiger partial charge is 0.215 e. The molecule has 2 aliphatic rings. The van der Waals surface area contributed by atoms with Crippen molar-refractivity contribution in [3.05, 3.63) is 0 Å². The first-order valence-corrected chi connectivity index (χ1v) is 9.22. The maximum Gasteiger partial charge on any atom is 0.215 e. The molecular formula is C15H25NO4S.